The predicted octanol–water partition coefficient (Wildman–Crippen LogP) is 4.28. The van der Waals surface area contributed by atoms with E-state index in [9.17, 15) is 9.18 Å². The number of benzene rings is 1. The Kier molecular flexibility index (Phi) is 4.61. The Morgan fingerprint density at radius 1 is 1.19 bits per heavy atom. The molecule has 0 fully saturated rings. The van der Waals surface area contributed by atoms with Crippen molar-refractivity contribution in [2.75, 3.05) is 11.4 Å². The zero-order valence-corrected chi connectivity index (χ0v) is 15.9. The molecule has 0 atom stereocenters. The number of rotatable bonds is 3. The lowest BCUT2D eigenvalue weighted by molar-refractivity contribution is 0.0974. The van der Waals surface area contributed by atoms with Crippen LogP contribution in [0.4, 0.5) is 10.1 Å². The molecule has 1 aliphatic rings. The summed E-state index contributed by atoms with van der Waals surface area (Å²) in [6.45, 7) is 2.63. The van der Waals surface area contributed by atoms with Crippen LogP contribution in [0.25, 0.3) is 0 Å². The van der Waals surface area contributed by atoms with Crippen LogP contribution in [0.15, 0.2) is 36.5 Å². The number of pyridine rings is 1. The van der Waals surface area contributed by atoms with Crippen LogP contribution in [0.1, 0.15) is 27.4 Å². The van der Waals surface area contributed by atoms with Crippen molar-refractivity contribution in [3.8, 4) is 0 Å². The number of nitrogens with zero attached hydrogens (tertiary/aromatic N) is 4. The normalized spacial score (nSPS) is 13.8. The first-order valence-corrected chi connectivity index (χ1v) is 9.14. The van der Waals surface area contributed by atoms with Gasteiger partial charge in [-0.15, -0.1) is 0 Å². The molecule has 0 unspecified atom stereocenters. The molecule has 1 aliphatic heterocycles. The molecule has 8 heteroatoms. The van der Waals surface area contributed by atoms with Gasteiger partial charge in [0.1, 0.15) is 0 Å². The van der Waals surface area contributed by atoms with E-state index in [0.29, 0.717) is 35.9 Å². The lowest BCUT2D eigenvalue weighted by Gasteiger charge is -2.26. The molecule has 0 saturated carbocycles. The molecule has 0 N–H and O–H groups in total. The zero-order chi connectivity index (χ0) is 19.1. The third-order valence-corrected chi connectivity index (χ3v) is 5.36. The molecule has 4 rings (SSSR count). The first-order valence-electron chi connectivity index (χ1n) is 8.39. The zero-order valence-electron chi connectivity index (χ0n) is 14.4. The number of hydrogen-bond donors (Lipinski definition) is 0. The number of halogens is 3. The maximum absolute atomic E-state index is 14.4. The fraction of sp³-hybridized carbons (Fsp3) is 0.211. The smallest absolute Gasteiger partial charge is 0.279 e. The van der Waals surface area contributed by atoms with Crippen LogP contribution in [-0.2, 0) is 13.0 Å². The van der Waals surface area contributed by atoms with Crippen LogP contribution in [0.5, 0.6) is 0 Å². The number of carbonyl (C=O) groups is 1. The third-order valence-electron chi connectivity index (χ3n) is 4.72. The number of hydrogen-bond acceptors (Lipinski definition) is 3. The van der Waals surface area contributed by atoms with Crippen LogP contribution in [0, 0.1) is 12.7 Å². The van der Waals surface area contributed by atoms with Gasteiger partial charge in [0.05, 0.1) is 28.0 Å². The SMILES string of the molecule is Cc1c2c(nn1Cc1ncccc1Cl)C(=O)N(c1cccc(Cl)c1F)CC2. The molecule has 0 saturated heterocycles. The number of aromatic nitrogens is 3. The number of amides is 1. The number of fused-ring (bicyclic) bond motifs is 1. The van der Waals surface area contributed by atoms with Gasteiger partial charge in [-0.2, -0.15) is 5.10 Å². The molecule has 0 bridgehead atoms. The summed E-state index contributed by atoms with van der Waals surface area (Å²) in [4.78, 5) is 18.6. The van der Waals surface area contributed by atoms with Crippen molar-refractivity contribution in [2.24, 2.45) is 0 Å². The van der Waals surface area contributed by atoms with Crippen LogP contribution < -0.4 is 4.90 Å². The minimum Gasteiger partial charge on any atom is -0.304 e. The van der Waals surface area contributed by atoms with Gasteiger partial charge < -0.3 is 4.90 Å². The summed E-state index contributed by atoms with van der Waals surface area (Å²) in [6.07, 6.45) is 2.24. The lowest BCUT2D eigenvalue weighted by Crippen LogP contribution is -2.38. The lowest BCUT2D eigenvalue weighted by atomic mass is 10.0. The molecule has 0 aliphatic carbocycles. The van der Waals surface area contributed by atoms with Gasteiger partial charge in [-0.25, -0.2) is 4.39 Å². The molecule has 138 valence electrons. The van der Waals surface area contributed by atoms with Gasteiger partial charge in [-0.05, 0) is 37.6 Å². The van der Waals surface area contributed by atoms with Gasteiger partial charge in [0.2, 0.25) is 0 Å². The maximum atomic E-state index is 14.4. The van der Waals surface area contributed by atoms with Crippen molar-refractivity contribution in [1.82, 2.24) is 14.8 Å². The molecule has 3 aromatic rings. The average molecular weight is 405 g/mol. The fourth-order valence-electron chi connectivity index (χ4n) is 3.27. The highest BCUT2D eigenvalue weighted by Crippen LogP contribution is 2.31. The van der Waals surface area contributed by atoms with Crippen molar-refractivity contribution in [3.63, 3.8) is 0 Å². The van der Waals surface area contributed by atoms with E-state index in [2.05, 4.69) is 10.1 Å². The highest BCUT2D eigenvalue weighted by Gasteiger charge is 2.32. The van der Waals surface area contributed by atoms with Crippen LogP contribution >= 0.6 is 23.2 Å². The summed E-state index contributed by atoms with van der Waals surface area (Å²) in [5, 5.41) is 4.99. The summed E-state index contributed by atoms with van der Waals surface area (Å²) in [5.74, 6) is -0.946. The Balaban J connectivity index is 1.69. The van der Waals surface area contributed by atoms with Gasteiger partial charge in [0, 0.05) is 24.0 Å². The predicted molar refractivity (Wildman–Crippen MR) is 102 cm³/mol. The average Bonchev–Trinajstić information content (AvgIpc) is 2.97. The fourth-order valence-corrected chi connectivity index (χ4v) is 3.62. The second-order valence-electron chi connectivity index (χ2n) is 6.28. The highest BCUT2D eigenvalue weighted by molar-refractivity contribution is 6.31. The Bertz CT molecular complexity index is 1050. The minimum absolute atomic E-state index is 0.0161. The molecular formula is C19H15Cl2FN4O. The van der Waals surface area contributed by atoms with Gasteiger partial charge in [0.15, 0.2) is 11.5 Å². The summed E-state index contributed by atoms with van der Waals surface area (Å²) in [6, 6.07) is 8.14. The maximum Gasteiger partial charge on any atom is 0.279 e. The van der Waals surface area contributed by atoms with E-state index in [1.807, 2.05) is 6.92 Å². The van der Waals surface area contributed by atoms with Gasteiger partial charge >= 0.3 is 0 Å². The molecule has 0 spiro atoms. The van der Waals surface area contributed by atoms with Gasteiger partial charge in [0.25, 0.3) is 5.91 Å². The Morgan fingerprint density at radius 2 is 1.96 bits per heavy atom. The van der Waals surface area contributed by atoms with Crippen LogP contribution in [0.3, 0.4) is 0 Å². The molecule has 5 nitrogen and oxygen atoms in total. The summed E-state index contributed by atoms with van der Waals surface area (Å²) in [7, 11) is 0. The van der Waals surface area contributed by atoms with Crippen molar-refractivity contribution < 1.29 is 9.18 Å². The van der Waals surface area contributed by atoms with E-state index in [-0.39, 0.29) is 16.6 Å². The number of anilines is 1. The topological polar surface area (TPSA) is 51.0 Å². The summed E-state index contributed by atoms with van der Waals surface area (Å²) >= 11 is 12.0. The molecule has 27 heavy (non-hydrogen) atoms. The van der Waals surface area contributed by atoms with Crippen LogP contribution in [0.2, 0.25) is 10.0 Å². The number of carbonyl (C=O) groups excluding carboxylic acids is 1. The molecular weight excluding hydrogens is 390 g/mol. The Hall–Kier alpha value is -2.44. The molecule has 1 amide bonds. The van der Waals surface area contributed by atoms with E-state index >= 15 is 0 Å². The van der Waals surface area contributed by atoms with Crippen molar-refractivity contribution in [2.45, 2.75) is 19.9 Å². The molecule has 2 aromatic heterocycles. The highest BCUT2D eigenvalue weighted by atomic mass is 35.5. The first-order chi connectivity index (χ1) is 13.0. The molecule has 1 aromatic carbocycles. The summed E-state index contributed by atoms with van der Waals surface area (Å²) in [5.41, 5.74) is 2.91. The largest absolute Gasteiger partial charge is 0.304 e. The standard InChI is InChI=1S/C19H15Cl2FN4O/c1-11-12-7-9-25(16-6-2-4-14(21)17(16)22)19(27)18(12)24-26(11)10-15-13(20)5-3-8-23-15/h2-6,8H,7,9-10H2,1H3. The Labute approximate surface area is 165 Å². The van der Waals surface area contributed by atoms with E-state index in [1.54, 1.807) is 35.1 Å². The van der Waals surface area contributed by atoms with E-state index < -0.39 is 5.82 Å². The Morgan fingerprint density at radius 3 is 2.74 bits per heavy atom. The van der Waals surface area contributed by atoms with Gasteiger partial charge in [-0.1, -0.05) is 29.3 Å². The molecule has 0 radical (unpaired) electrons. The second-order valence-corrected chi connectivity index (χ2v) is 7.10. The van der Waals surface area contributed by atoms with E-state index in [1.165, 1.54) is 11.0 Å². The van der Waals surface area contributed by atoms with Crippen molar-refractivity contribution in [3.05, 3.63) is 75.0 Å². The minimum atomic E-state index is -0.604. The second kappa shape index (κ2) is 6.94. The van der Waals surface area contributed by atoms with Crippen molar-refractivity contribution >= 4 is 34.8 Å². The monoisotopic (exact) mass is 404 g/mol. The van der Waals surface area contributed by atoms with Crippen molar-refractivity contribution in [1.29, 1.82) is 0 Å². The quantitative estimate of drug-likeness (QED) is 0.654. The van der Waals surface area contributed by atoms with Crippen LogP contribution in [-0.4, -0.2) is 27.2 Å². The van der Waals surface area contributed by atoms with Gasteiger partial charge in [-0.3, -0.25) is 14.5 Å². The van der Waals surface area contributed by atoms with E-state index in [4.69, 9.17) is 23.2 Å². The molecule has 3 heterocycles. The first kappa shape index (κ1) is 17.9. The third kappa shape index (κ3) is 3.09. The summed E-state index contributed by atoms with van der Waals surface area (Å²) < 4.78 is 16.1. The van der Waals surface area contributed by atoms with E-state index in [0.717, 1.165) is 11.3 Å².